The summed E-state index contributed by atoms with van der Waals surface area (Å²) in [4.78, 5) is 10.5. The van der Waals surface area contributed by atoms with Crippen molar-refractivity contribution in [3.05, 3.63) is 174 Å². The van der Waals surface area contributed by atoms with Gasteiger partial charge in [0.15, 0.2) is 0 Å². The number of fused-ring (bicyclic) bond motifs is 11. The summed E-state index contributed by atoms with van der Waals surface area (Å²) >= 11 is 0. The molecule has 5 aromatic carbocycles. The van der Waals surface area contributed by atoms with Gasteiger partial charge in [-0.2, -0.15) is 0 Å². The summed E-state index contributed by atoms with van der Waals surface area (Å²) in [7, 11) is 0. The van der Waals surface area contributed by atoms with Gasteiger partial charge in [0, 0.05) is 49.7 Å². The molecule has 4 heterocycles. The number of aromatic nitrogens is 3. The van der Waals surface area contributed by atoms with Crippen LogP contribution < -0.4 is 0 Å². The number of allylic oxidation sites excluding steroid dienone is 8. The Balaban J connectivity index is 0.965. The summed E-state index contributed by atoms with van der Waals surface area (Å²) in [5, 5.41) is 5.69. The highest BCUT2D eigenvalue weighted by atomic mass is 16.3. The van der Waals surface area contributed by atoms with Gasteiger partial charge < -0.3 is 8.83 Å². The molecule has 0 fully saturated rings. The van der Waals surface area contributed by atoms with Gasteiger partial charge in [-0.25, -0.2) is 9.97 Å². The quantitative estimate of drug-likeness (QED) is 0.183. The Morgan fingerprint density at radius 3 is 2.24 bits per heavy atom. The molecule has 0 N–H and O–H groups in total. The minimum absolute atomic E-state index is 0.285. The zero-order chi connectivity index (χ0) is 36.0. The molecule has 1 unspecified atom stereocenters. The molecule has 9 aromatic rings. The third-order valence-electron chi connectivity index (χ3n) is 11.9. The lowest BCUT2D eigenvalue weighted by Gasteiger charge is -2.23. The van der Waals surface area contributed by atoms with Crippen LogP contribution >= 0.6 is 0 Å². The molecule has 0 radical (unpaired) electrons. The molecule has 55 heavy (non-hydrogen) atoms. The molecular formula is C50H35N3O2. The topological polar surface area (TPSA) is 57.0 Å². The lowest BCUT2D eigenvalue weighted by Crippen LogP contribution is -2.08. The lowest BCUT2D eigenvalue weighted by atomic mass is 9.81. The van der Waals surface area contributed by atoms with Gasteiger partial charge in [-0.1, -0.05) is 115 Å². The van der Waals surface area contributed by atoms with Crippen LogP contribution in [0.4, 0.5) is 0 Å². The first-order chi connectivity index (χ1) is 27.3. The monoisotopic (exact) mass is 709 g/mol. The van der Waals surface area contributed by atoms with E-state index in [1.165, 1.54) is 38.6 Å². The largest absolute Gasteiger partial charge is 0.456 e. The van der Waals surface area contributed by atoms with Crippen molar-refractivity contribution in [2.75, 3.05) is 0 Å². The van der Waals surface area contributed by atoms with Crippen molar-refractivity contribution in [3.8, 4) is 17.2 Å². The second-order valence-corrected chi connectivity index (χ2v) is 15.0. The molecule has 0 saturated heterocycles. The van der Waals surface area contributed by atoms with E-state index in [2.05, 4.69) is 138 Å². The van der Waals surface area contributed by atoms with Crippen molar-refractivity contribution in [2.45, 2.75) is 32.1 Å². The molecule has 1 atom stereocenters. The van der Waals surface area contributed by atoms with E-state index in [1.807, 2.05) is 12.1 Å². The highest BCUT2D eigenvalue weighted by molar-refractivity contribution is 6.20. The van der Waals surface area contributed by atoms with Gasteiger partial charge >= 0.3 is 0 Å². The summed E-state index contributed by atoms with van der Waals surface area (Å²) in [6, 6.07) is 40.2. The van der Waals surface area contributed by atoms with Crippen LogP contribution in [0.2, 0.25) is 0 Å². The second kappa shape index (κ2) is 11.9. The van der Waals surface area contributed by atoms with Crippen LogP contribution in [0, 0.1) is 5.92 Å². The van der Waals surface area contributed by atoms with Crippen LogP contribution in [0.1, 0.15) is 41.9 Å². The van der Waals surface area contributed by atoms with Crippen molar-refractivity contribution >= 4 is 65.8 Å². The molecule has 3 aliphatic carbocycles. The fourth-order valence-electron chi connectivity index (χ4n) is 9.44. The minimum atomic E-state index is 0.285. The Kier molecular flexibility index (Phi) is 6.64. The lowest BCUT2D eigenvalue weighted by molar-refractivity contribution is 0.578. The standard InChI is InChI=1S/C50H35N3O2/c1-2-12-32(13-3-1)46-39-15-4-7-21-41(39)51-50(52-46)53-42-22-8-5-16-40(42)45-43(53)29-28-38-37-20-11-18-34(48(37)55-49(38)45)31-26-24-30(25-27-31)33-17-10-19-36-35-14-6-9-23-44(35)54-47(33)36/h1-9,12-18,21-24,26-30H,10-11,19-20,25H2. The number of hydrogen-bond acceptors (Lipinski definition) is 4. The van der Waals surface area contributed by atoms with Gasteiger partial charge in [0.25, 0.3) is 0 Å². The first-order valence-corrected chi connectivity index (χ1v) is 19.4. The summed E-state index contributed by atoms with van der Waals surface area (Å²) in [5.41, 5.74) is 13.3. The van der Waals surface area contributed by atoms with E-state index in [1.54, 1.807) is 0 Å². The van der Waals surface area contributed by atoms with Crippen LogP contribution in [-0.4, -0.2) is 14.5 Å². The van der Waals surface area contributed by atoms with Gasteiger partial charge in [-0.05, 0) is 73.6 Å². The third-order valence-corrected chi connectivity index (χ3v) is 11.9. The molecule has 262 valence electrons. The van der Waals surface area contributed by atoms with Gasteiger partial charge in [-0.15, -0.1) is 0 Å². The van der Waals surface area contributed by atoms with Crippen molar-refractivity contribution in [3.63, 3.8) is 0 Å². The number of nitrogens with zero attached hydrogens (tertiary/aromatic N) is 3. The number of hydrogen-bond donors (Lipinski definition) is 0. The van der Waals surface area contributed by atoms with E-state index in [0.717, 1.165) is 98.8 Å². The molecule has 0 aliphatic heterocycles. The smallest absolute Gasteiger partial charge is 0.235 e. The Hall–Kier alpha value is -6.72. The van der Waals surface area contributed by atoms with Gasteiger partial charge in [0.1, 0.15) is 22.7 Å². The maximum atomic E-state index is 7.09. The van der Waals surface area contributed by atoms with Crippen LogP contribution in [0.15, 0.2) is 160 Å². The average molecular weight is 710 g/mol. The number of para-hydroxylation sites is 3. The van der Waals surface area contributed by atoms with Crippen LogP contribution in [0.5, 0.6) is 0 Å². The maximum Gasteiger partial charge on any atom is 0.235 e. The van der Waals surface area contributed by atoms with E-state index in [4.69, 9.17) is 18.8 Å². The van der Waals surface area contributed by atoms with Gasteiger partial charge in [0.05, 0.1) is 27.6 Å². The Morgan fingerprint density at radius 2 is 1.36 bits per heavy atom. The second-order valence-electron chi connectivity index (χ2n) is 15.0. The first kappa shape index (κ1) is 30.7. The average Bonchev–Trinajstić information content (AvgIpc) is 3.93. The zero-order valence-corrected chi connectivity index (χ0v) is 30.1. The molecule has 0 bridgehead atoms. The normalized spacial score (nSPS) is 16.8. The van der Waals surface area contributed by atoms with Crippen molar-refractivity contribution in [1.29, 1.82) is 0 Å². The molecule has 3 aliphatic rings. The molecular weight excluding hydrogens is 675 g/mol. The summed E-state index contributed by atoms with van der Waals surface area (Å²) in [6.07, 6.45) is 16.8. The van der Waals surface area contributed by atoms with Gasteiger partial charge in [-0.3, -0.25) is 4.57 Å². The van der Waals surface area contributed by atoms with E-state index in [9.17, 15) is 0 Å². The van der Waals surface area contributed by atoms with Crippen molar-refractivity contribution < 1.29 is 8.83 Å². The molecule has 0 spiro atoms. The third kappa shape index (κ3) is 4.59. The van der Waals surface area contributed by atoms with Gasteiger partial charge in [0.2, 0.25) is 5.95 Å². The summed E-state index contributed by atoms with van der Waals surface area (Å²) in [5.74, 6) is 3.00. The first-order valence-electron chi connectivity index (χ1n) is 19.4. The van der Waals surface area contributed by atoms with Crippen LogP contribution in [0.25, 0.3) is 83.0 Å². The molecule has 0 amide bonds. The Bertz CT molecular complexity index is 3180. The van der Waals surface area contributed by atoms with E-state index in [0.29, 0.717) is 5.95 Å². The van der Waals surface area contributed by atoms with Crippen molar-refractivity contribution in [1.82, 2.24) is 14.5 Å². The number of benzene rings is 5. The molecule has 5 nitrogen and oxygen atoms in total. The predicted octanol–water partition coefficient (Wildman–Crippen LogP) is 12.7. The fourth-order valence-corrected chi connectivity index (χ4v) is 9.44. The van der Waals surface area contributed by atoms with Crippen molar-refractivity contribution in [2.24, 2.45) is 5.92 Å². The van der Waals surface area contributed by atoms with E-state index < -0.39 is 0 Å². The number of rotatable bonds is 4. The van der Waals surface area contributed by atoms with Crippen LogP contribution in [0.3, 0.4) is 0 Å². The highest BCUT2D eigenvalue weighted by Gasteiger charge is 2.29. The van der Waals surface area contributed by atoms with E-state index in [-0.39, 0.29) is 5.92 Å². The fraction of sp³-hybridized carbons (Fsp3) is 0.120. The maximum absolute atomic E-state index is 7.09. The number of furan rings is 2. The molecule has 4 aromatic heterocycles. The SMILES string of the molecule is C1=CC(C2=CCCc3c2oc2ccccc32)CC=C1C1=CCCc2c1oc1c2ccc2c1c1ccccc1n2-c1nc(-c2ccccc2)c2ccccc2n1. The zero-order valence-electron chi connectivity index (χ0n) is 30.1. The number of aryl methyl sites for hydroxylation is 2. The van der Waals surface area contributed by atoms with Crippen LogP contribution in [-0.2, 0) is 12.8 Å². The highest BCUT2D eigenvalue weighted by Crippen LogP contribution is 2.46. The Labute approximate surface area is 317 Å². The Morgan fingerprint density at radius 1 is 0.600 bits per heavy atom. The molecule has 0 saturated carbocycles. The van der Waals surface area contributed by atoms with E-state index >= 15 is 0 Å². The molecule has 5 heteroatoms. The summed E-state index contributed by atoms with van der Waals surface area (Å²) in [6.45, 7) is 0. The predicted molar refractivity (Wildman–Crippen MR) is 223 cm³/mol. The molecule has 12 rings (SSSR count). The minimum Gasteiger partial charge on any atom is -0.456 e. The summed E-state index contributed by atoms with van der Waals surface area (Å²) < 4.78 is 15.8.